The van der Waals surface area contributed by atoms with Crippen LogP contribution in [0.5, 0.6) is 0 Å². The number of pyridine rings is 1. The molecule has 0 unspecified atom stereocenters. The maximum Gasteiger partial charge on any atom is 0.123 e. The molecule has 0 saturated carbocycles. The standard InChI is InChI=1S/C20H20FN3O/c21-15-6-4-14(5-7-15)19-18(17-3-1-2-10-23-17)16(13-24-19)20(25)8-11-22-12-9-20/h1-7,10,13,22,24-25H,8-9,11-12H2. The Morgan fingerprint density at radius 3 is 2.48 bits per heavy atom. The number of aromatic nitrogens is 2. The van der Waals surface area contributed by atoms with Gasteiger partial charge in [0, 0.05) is 23.5 Å². The predicted molar refractivity (Wildman–Crippen MR) is 95.4 cm³/mol. The molecule has 0 amide bonds. The Kier molecular flexibility index (Phi) is 4.11. The van der Waals surface area contributed by atoms with Crippen molar-refractivity contribution in [2.24, 2.45) is 0 Å². The fraction of sp³-hybridized carbons (Fsp3) is 0.250. The molecule has 128 valence electrons. The molecule has 5 heteroatoms. The third-order valence-corrected chi connectivity index (χ3v) is 4.87. The van der Waals surface area contributed by atoms with Crippen LogP contribution in [0.2, 0.25) is 0 Å². The van der Waals surface area contributed by atoms with Gasteiger partial charge in [-0.3, -0.25) is 4.98 Å². The van der Waals surface area contributed by atoms with Crippen LogP contribution in [0.1, 0.15) is 18.4 Å². The molecular weight excluding hydrogens is 317 g/mol. The lowest BCUT2D eigenvalue weighted by atomic mass is 9.83. The molecule has 0 aliphatic carbocycles. The first-order valence-corrected chi connectivity index (χ1v) is 8.50. The number of aliphatic hydroxyl groups is 1. The first-order chi connectivity index (χ1) is 12.2. The van der Waals surface area contributed by atoms with Gasteiger partial charge in [-0.2, -0.15) is 0 Å². The topological polar surface area (TPSA) is 60.9 Å². The molecule has 4 nitrogen and oxygen atoms in total. The van der Waals surface area contributed by atoms with Gasteiger partial charge in [0.2, 0.25) is 0 Å². The first kappa shape index (κ1) is 16.0. The van der Waals surface area contributed by atoms with E-state index in [1.54, 1.807) is 18.3 Å². The van der Waals surface area contributed by atoms with E-state index in [4.69, 9.17) is 0 Å². The fourth-order valence-corrected chi connectivity index (χ4v) is 3.52. The van der Waals surface area contributed by atoms with Crippen molar-refractivity contribution in [1.82, 2.24) is 15.3 Å². The van der Waals surface area contributed by atoms with Crippen molar-refractivity contribution >= 4 is 0 Å². The second kappa shape index (κ2) is 6.43. The van der Waals surface area contributed by atoms with Crippen LogP contribution < -0.4 is 5.32 Å². The van der Waals surface area contributed by atoms with Crippen molar-refractivity contribution in [2.45, 2.75) is 18.4 Å². The zero-order valence-corrected chi connectivity index (χ0v) is 13.8. The van der Waals surface area contributed by atoms with E-state index in [-0.39, 0.29) is 5.82 Å². The Balaban J connectivity index is 1.89. The molecule has 0 radical (unpaired) electrons. The number of benzene rings is 1. The summed E-state index contributed by atoms with van der Waals surface area (Å²) in [5, 5.41) is 14.5. The van der Waals surface area contributed by atoms with E-state index < -0.39 is 5.60 Å². The summed E-state index contributed by atoms with van der Waals surface area (Å²) in [5.41, 5.74) is 3.35. The van der Waals surface area contributed by atoms with Crippen LogP contribution in [-0.2, 0) is 5.60 Å². The molecule has 2 aromatic heterocycles. The van der Waals surface area contributed by atoms with Gasteiger partial charge in [0.15, 0.2) is 0 Å². The maximum atomic E-state index is 13.3. The fourth-order valence-electron chi connectivity index (χ4n) is 3.52. The van der Waals surface area contributed by atoms with Gasteiger partial charge in [0.1, 0.15) is 5.82 Å². The highest BCUT2D eigenvalue weighted by atomic mass is 19.1. The molecule has 25 heavy (non-hydrogen) atoms. The highest BCUT2D eigenvalue weighted by molar-refractivity contribution is 5.83. The summed E-state index contributed by atoms with van der Waals surface area (Å²) in [7, 11) is 0. The van der Waals surface area contributed by atoms with E-state index in [0.29, 0.717) is 12.8 Å². The molecule has 1 fully saturated rings. The highest BCUT2D eigenvalue weighted by Crippen LogP contribution is 2.42. The SMILES string of the molecule is OC1(c2c[nH]c(-c3ccc(F)cc3)c2-c2ccccn2)CCNCC1. The molecule has 4 rings (SSSR count). The van der Waals surface area contributed by atoms with E-state index >= 15 is 0 Å². The Morgan fingerprint density at radius 1 is 1.04 bits per heavy atom. The van der Waals surface area contributed by atoms with Crippen LogP contribution in [0.15, 0.2) is 54.9 Å². The summed E-state index contributed by atoms with van der Waals surface area (Å²) in [6, 6.07) is 12.1. The Morgan fingerprint density at radius 2 is 1.80 bits per heavy atom. The summed E-state index contributed by atoms with van der Waals surface area (Å²) in [6.07, 6.45) is 4.90. The molecule has 1 saturated heterocycles. The molecule has 3 aromatic rings. The van der Waals surface area contributed by atoms with E-state index in [2.05, 4.69) is 15.3 Å². The number of hydrogen-bond donors (Lipinski definition) is 3. The summed E-state index contributed by atoms with van der Waals surface area (Å²) in [6.45, 7) is 1.55. The van der Waals surface area contributed by atoms with Crippen molar-refractivity contribution in [1.29, 1.82) is 0 Å². The Bertz CT molecular complexity index is 852. The van der Waals surface area contributed by atoms with Crippen molar-refractivity contribution in [2.75, 3.05) is 13.1 Å². The van der Waals surface area contributed by atoms with Crippen LogP contribution in [0, 0.1) is 5.82 Å². The number of nitrogens with one attached hydrogen (secondary N) is 2. The lowest BCUT2D eigenvalue weighted by Gasteiger charge is -2.33. The second-order valence-electron chi connectivity index (χ2n) is 6.46. The Labute approximate surface area is 145 Å². The van der Waals surface area contributed by atoms with Crippen LogP contribution in [-0.4, -0.2) is 28.2 Å². The number of halogens is 1. The van der Waals surface area contributed by atoms with Crippen molar-refractivity contribution in [3.63, 3.8) is 0 Å². The lowest BCUT2D eigenvalue weighted by Crippen LogP contribution is -2.39. The summed E-state index contributed by atoms with van der Waals surface area (Å²) < 4.78 is 13.3. The number of piperidine rings is 1. The van der Waals surface area contributed by atoms with Gasteiger partial charge < -0.3 is 15.4 Å². The molecule has 3 N–H and O–H groups in total. The molecule has 1 aliphatic rings. The van der Waals surface area contributed by atoms with Crippen LogP contribution in [0.25, 0.3) is 22.5 Å². The average molecular weight is 337 g/mol. The second-order valence-corrected chi connectivity index (χ2v) is 6.46. The number of rotatable bonds is 3. The van der Waals surface area contributed by atoms with Gasteiger partial charge in [0.25, 0.3) is 0 Å². The summed E-state index contributed by atoms with van der Waals surface area (Å²) in [5.74, 6) is -0.271. The third kappa shape index (κ3) is 2.97. The van der Waals surface area contributed by atoms with Crippen LogP contribution >= 0.6 is 0 Å². The molecular formula is C20H20FN3O. The minimum atomic E-state index is -0.896. The van der Waals surface area contributed by atoms with Crippen molar-refractivity contribution in [3.05, 3.63) is 66.2 Å². The lowest BCUT2D eigenvalue weighted by molar-refractivity contribution is 0.00657. The molecule has 1 aromatic carbocycles. The van der Waals surface area contributed by atoms with E-state index in [1.165, 1.54) is 12.1 Å². The normalized spacial score (nSPS) is 16.7. The molecule has 0 atom stereocenters. The zero-order valence-electron chi connectivity index (χ0n) is 13.8. The number of aromatic amines is 1. The predicted octanol–water partition coefficient (Wildman–Crippen LogP) is 3.45. The smallest absolute Gasteiger partial charge is 0.123 e. The molecule has 3 heterocycles. The van der Waals surface area contributed by atoms with E-state index in [0.717, 1.165) is 41.2 Å². The van der Waals surface area contributed by atoms with Crippen molar-refractivity contribution < 1.29 is 9.50 Å². The van der Waals surface area contributed by atoms with E-state index in [1.807, 2.05) is 24.4 Å². The third-order valence-electron chi connectivity index (χ3n) is 4.87. The van der Waals surface area contributed by atoms with Gasteiger partial charge in [0.05, 0.1) is 17.0 Å². The molecule has 0 spiro atoms. The first-order valence-electron chi connectivity index (χ1n) is 8.50. The summed E-state index contributed by atoms with van der Waals surface area (Å²) in [4.78, 5) is 7.78. The minimum Gasteiger partial charge on any atom is -0.385 e. The molecule has 0 bridgehead atoms. The van der Waals surface area contributed by atoms with Gasteiger partial charge in [-0.15, -0.1) is 0 Å². The zero-order chi connectivity index (χ0) is 17.3. The quantitative estimate of drug-likeness (QED) is 0.686. The van der Waals surface area contributed by atoms with Gasteiger partial charge in [-0.25, -0.2) is 4.39 Å². The number of hydrogen-bond acceptors (Lipinski definition) is 3. The number of H-pyrrole nitrogens is 1. The highest BCUT2D eigenvalue weighted by Gasteiger charge is 2.35. The Hall–Kier alpha value is -2.50. The monoisotopic (exact) mass is 337 g/mol. The number of nitrogens with zero attached hydrogens (tertiary/aromatic N) is 1. The van der Waals surface area contributed by atoms with Crippen LogP contribution in [0.3, 0.4) is 0 Å². The summed E-state index contributed by atoms with van der Waals surface area (Å²) >= 11 is 0. The van der Waals surface area contributed by atoms with Gasteiger partial charge in [-0.05, 0) is 67.9 Å². The van der Waals surface area contributed by atoms with Gasteiger partial charge >= 0.3 is 0 Å². The average Bonchev–Trinajstić information content (AvgIpc) is 3.10. The molecule has 1 aliphatic heterocycles. The van der Waals surface area contributed by atoms with Crippen LogP contribution in [0.4, 0.5) is 4.39 Å². The minimum absolute atomic E-state index is 0.271. The van der Waals surface area contributed by atoms with E-state index in [9.17, 15) is 9.50 Å². The van der Waals surface area contributed by atoms with Crippen molar-refractivity contribution in [3.8, 4) is 22.5 Å². The van der Waals surface area contributed by atoms with Gasteiger partial charge in [-0.1, -0.05) is 6.07 Å². The maximum absolute atomic E-state index is 13.3. The largest absolute Gasteiger partial charge is 0.385 e.